The fourth-order valence-corrected chi connectivity index (χ4v) is 3.45. The van der Waals surface area contributed by atoms with E-state index in [-0.39, 0.29) is 12.0 Å². The molecule has 1 aromatic rings. The van der Waals surface area contributed by atoms with E-state index < -0.39 is 0 Å². The lowest BCUT2D eigenvalue weighted by atomic mass is 10.0. The van der Waals surface area contributed by atoms with Crippen LogP contribution in [0.3, 0.4) is 0 Å². The van der Waals surface area contributed by atoms with Crippen LogP contribution in [0.1, 0.15) is 18.4 Å². The number of carbonyl (C=O) groups is 1. The molecule has 2 atom stereocenters. The minimum absolute atomic E-state index is 0.155. The molecule has 2 fully saturated rings. The maximum absolute atomic E-state index is 12.8. The predicted octanol–water partition coefficient (Wildman–Crippen LogP) is 1.10. The topological polar surface area (TPSA) is 44.8 Å². The van der Waals surface area contributed by atoms with Crippen molar-refractivity contribution in [3.8, 4) is 0 Å². The van der Waals surface area contributed by atoms with Crippen molar-refractivity contribution in [2.75, 3.05) is 39.8 Å². The summed E-state index contributed by atoms with van der Waals surface area (Å²) in [6.07, 6.45) is 1.90. The Morgan fingerprint density at radius 2 is 2.09 bits per heavy atom. The molecular weight excluding hydrogens is 290 g/mol. The van der Waals surface area contributed by atoms with Gasteiger partial charge in [0.2, 0.25) is 0 Å². The van der Waals surface area contributed by atoms with E-state index in [0.717, 1.165) is 39.0 Å². The van der Waals surface area contributed by atoms with E-state index >= 15 is 0 Å². The summed E-state index contributed by atoms with van der Waals surface area (Å²) in [4.78, 5) is 17.1. The summed E-state index contributed by atoms with van der Waals surface area (Å²) in [6.45, 7) is 4.75. The fraction of sp³-hybridized carbons (Fsp3) is 0.611. The number of carbonyl (C=O) groups excluding carboxylic acids is 1. The largest absolute Gasteiger partial charge is 0.366 e. The molecule has 0 aromatic heterocycles. The van der Waals surface area contributed by atoms with E-state index in [2.05, 4.69) is 34.5 Å². The van der Waals surface area contributed by atoms with Crippen LogP contribution in [0.4, 0.5) is 0 Å². The van der Waals surface area contributed by atoms with Crippen LogP contribution in [0.2, 0.25) is 0 Å². The third kappa shape index (κ3) is 4.31. The Balaban J connectivity index is 1.56. The van der Waals surface area contributed by atoms with E-state index in [9.17, 15) is 4.79 Å². The number of nitrogens with zero attached hydrogens (tertiary/aromatic N) is 2. The molecule has 23 heavy (non-hydrogen) atoms. The van der Waals surface area contributed by atoms with Gasteiger partial charge < -0.3 is 15.0 Å². The van der Waals surface area contributed by atoms with E-state index in [4.69, 9.17) is 4.74 Å². The van der Waals surface area contributed by atoms with Gasteiger partial charge in [-0.2, -0.15) is 0 Å². The van der Waals surface area contributed by atoms with Crippen molar-refractivity contribution in [1.82, 2.24) is 15.1 Å². The van der Waals surface area contributed by atoms with Gasteiger partial charge in [0.05, 0.1) is 6.61 Å². The van der Waals surface area contributed by atoms with E-state index in [1.165, 1.54) is 5.56 Å². The van der Waals surface area contributed by atoms with Crippen LogP contribution in [0, 0.1) is 0 Å². The minimum Gasteiger partial charge on any atom is -0.366 e. The zero-order valence-electron chi connectivity index (χ0n) is 13.9. The number of benzene rings is 1. The second-order valence-electron chi connectivity index (χ2n) is 6.49. The smallest absolute Gasteiger partial charge is 0.253 e. The Labute approximate surface area is 138 Å². The number of nitrogens with one attached hydrogen (secondary N) is 1. The molecule has 0 aliphatic carbocycles. The van der Waals surface area contributed by atoms with Crippen molar-refractivity contribution in [3.63, 3.8) is 0 Å². The molecule has 0 bridgehead atoms. The summed E-state index contributed by atoms with van der Waals surface area (Å²) in [5.41, 5.74) is 1.29. The van der Waals surface area contributed by atoms with Crippen molar-refractivity contribution >= 4 is 5.91 Å². The molecule has 2 aliphatic rings. The highest BCUT2D eigenvalue weighted by atomic mass is 16.5. The summed E-state index contributed by atoms with van der Waals surface area (Å²) < 4.78 is 5.78. The normalized spacial score (nSPS) is 26.2. The molecular formula is C18H27N3O2. The number of hydrogen-bond acceptors (Lipinski definition) is 4. The van der Waals surface area contributed by atoms with E-state index in [0.29, 0.717) is 19.2 Å². The van der Waals surface area contributed by atoms with Gasteiger partial charge in [0.25, 0.3) is 5.91 Å². The molecule has 2 heterocycles. The van der Waals surface area contributed by atoms with Gasteiger partial charge in [-0.05, 0) is 25.5 Å². The van der Waals surface area contributed by atoms with Crippen LogP contribution in [0.25, 0.3) is 0 Å². The molecule has 0 radical (unpaired) electrons. The average molecular weight is 317 g/mol. The Morgan fingerprint density at radius 1 is 1.26 bits per heavy atom. The second kappa shape index (κ2) is 7.90. The standard InChI is InChI=1S/C18H27N3O2/c1-19-16-8-5-9-21(13-16)18(22)17-14-20(10-11-23-17)12-15-6-3-2-4-7-15/h2-4,6-7,16-17,19H,5,8-14H2,1H3. The Morgan fingerprint density at radius 3 is 2.87 bits per heavy atom. The molecule has 3 rings (SSSR count). The molecule has 5 nitrogen and oxygen atoms in total. The zero-order valence-corrected chi connectivity index (χ0v) is 13.9. The first-order valence-electron chi connectivity index (χ1n) is 8.60. The van der Waals surface area contributed by atoms with Gasteiger partial charge in [0.15, 0.2) is 0 Å². The van der Waals surface area contributed by atoms with Crippen LogP contribution in [-0.4, -0.2) is 67.7 Å². The number of amides is 1. The second-order valence-corrected chi connectivity index (χ2v) is 6.49. The Hall–Kier alpha value is -1.43. The maximum atomic E-state index is 12.8. The molecule has 0 saturated carbocycles. The van der Waals surface area contributed by atoms with Gasteiger partial charge in [0.1, 0.15) is 6.10 Å². The molecule has 126 valence electrons. The predicted molar refractivity (Wildman–Crippen MR) is 90.1 cm³/mol. The number of rotatable bonds is 4. The summed E-state index contributed by atoms with van der Waals surface area (Å²) in [5, 5.41) is 3.29. The first kappa shape index (κ1) is 16.4. The molecule has 5 heteroatoms. The van der Waals surface area contributed by atoms with E-state index in [1.807, 2.05) is 18.0 Å². The van der Waals surface area contributed by atoms with Crippen molar-refractivity contribution < 1.29 is 9.53 Å². The lowest BCUT2D eigenvalue weighted by Crippen LogP contribution is -2.54. The van der Waals surface area contributed by atoms with Crippen LogP contribution < -0.4 is 5.32 Å². The molecule has 1 amide bonds. The number of likely N-dealkylation sites (tertiary alicyclic amines) is 1. The van der Waals surface area contributed by atoms with Gasteiger partial charge in [-0.1, -0.05) is 30.3 Å². The molecule has 1 N–H and O–H groups in total. The minimum atomic E-state index is -0.317. The lowest BCUT2D eigenvalue weighted by Gasteiger charge is -2.38. The van der Waals surface area contributed by atoms with Gasteiger partial charge in [-0.15, -0.1) is 0 Å². The van der Waals surface area contributed by atoms with Crippen LogP contribution in [-0.2, 0) is 16.1 Å². The number of morpholine rings is 1. The molecule has 2 unspecified atom stereocenters. The van der Waals surface area contributed by atoms with Crippen LogP contribution in [0.5, 0.6) is 0 Å². The summed E-state index contributed by atoms with van der Waals surface area (Å²) in [5.74, 6) is 0.155. The molecule has 1 aromatic carbocycles. The highest BCUT2D eigenvalue weighted by Crippen LogP contribution is 2.16. The first-order chi connectivity index (χ1) is 11.3. The van der Waals surface area contributed by atoms with Gasteiger partial charge >= 0.3 is 0 Å². The van der Waals surface area contributed by atoms with Gasteiger partial charge in [-0.3, -0.25) is 9.69 Å². The van der Waals surface area contributed by atoms with E-state index in [1.54, 1.807) is 0 Å². The number of hydrogen-bond donors (Lipinski definition) is 1. The highest BCUT2D eigenvalue weighted by molar-refractivity contribution is 5.81. The Bertz CT molecular complexity index is 508. The quantitative estimate of drug-likeness (QED) is 0.903. The number of piperidine rings is 1. The first-order valence-corrected chi connectivity index (χ1v) is 8.60. The van der Waals surface area contributed by atoms with Crippen molar-refractivity contribution in [2.24, 2.45) is 0 Å². The third-order valence-corrected chi connectivity index (χ3v) is 4.82. The van der Waals surface area contributed by atoms with Crippen molar-refractivity contribution in [3.05, 3.63) is 35.9 Å². The number of ether oxygens (including phenoxy) is 1. The third-order valence-electron chi connectivity index (χ3n) is 4.82. The Kier molecular flexibility index (Phi) is 5.65. The molecule has 2 aliphatic heterocycles. The summed E-state index contributed by atoms with van der Waals surface area (Å²) in [6, 6.07) is 10.8. The summed E-state index contributed by atoms with van der Waals surface area (Å²) >= 11 is 0. The summed E-state index contributed by atoms with van der Waals surface area (Å²) in [7, 11) is 1.97. The van der Waals surface area contributed by atoms with Crippen molar-refractivity contribution in [2.45, 2.75) is 31.5 Å². The monoisotopic (exact) mass is 317 g/mol. The fourth-order valence-electron chi connectivity index (χ4n) is 3.45. The van der Waals surface area contributed by atoms with Gasteiger partial charge in [0, 0.05) is 38.8 Å². The maximum Gasteiger partial charge on any atom is 0.253 e. The van der Waals surface area contributed by atoms with Gasteiger partial charge in [-0.25, -0.2) is 0 Å². The number of likely N-dealkylation sites (N-methyl/N-ethyl adjacent to an activating group) is 1. The molecule has 0 spiro atoms. The average Bonchev–Trinajstić information content (AvgIpc) is 2.62. The van der Waals surface area contributed by atoms with Crippen LogP contribution >= 0.6 is 0 Å². The zero-order chi connectivity index (χ0) is 16.1. The highest BCUT2D eigenvalue weighted by Gasteiger charge is 2.32. The molecule has 2 saturated heterocycles. The SMILES string of the molecule is CNC1CCCN(C(=O)C2CN(Cc3ccccc3)CCO2)C1. The van der Waals surface area contributed by atoms with Crippen molar-refractivity contribution in [1.29, 1.82) is 0 Å². The van der Waals surface area contributed by atoms with Crippen LogP contribution in [0.15, 0.2) is 30.3 Å². The lowest BCUT2D eigenvalue weighted by molar-refractivity contribution is -0.151.